The standard InChI is InChI=1S/C8H12N2O2/c11-5-1-7-8(2-6-12)10-4-3-9-7/h3-4,11-12H,1-2,5-6H2. The molecule has 2 N–H and O–H groups in total. The SMILES string of the molecule is OCCc1nccnc1CCO. The molecular formula is C8H12N2O2. The van der Waals surface area contributed by atoms with Gasteiger partial charge >= 0.3 is 0 Å². The lowest BCUT2D eigenvalue weighted by molar-refractivity contribution is 0.290. The normalized spacial score (nSPS) is 10.2. The fraction of sp³-hybridized carbons (Fsp3) is 0.500. The molecule has 1 aromatic rings. The molecule has 0 unspecified atom stereocenters. The molecule has 0 amide bonds. The highest BCUT2D eigenvalue weighted by Gasteiger charge is 2.02. The highest BCUT2D eigenvalue weighted by atomic mass is 16.3. The van der Waals surface area contributed by atoms with Gasteiger partial charge in [-0.05, 0) is 0 Å². The number of hydrogen-bond acceptors (Lipinski definition) is 4. The second kappa shape index (κ2) is 4.79. The van der Waals surface area contributed by atoms with Gasteiger partial charge in [-0.2, -0.15) is 0 Å². The Morgan fingerprint density at radius 1 is 0.917 bits per heavy atom. The Hall–Kier alpha value is -1.00. The molecule has 66 valence electrons. The van der Waals surface area contributed by atoms with Gasteiger partial charge in [0.2, 0.25) is 0 Å². The summed E-state index contributed by atoms with van der Waals surface area (Å²) < 4.78 is 0. The van der Waals surface area contributed by atoms with E-state index in [1.165, 1.54) is 0 Å². The summed E-state index contributed by atoms with van der Waals surface area (Å²) in [4.78, 5) is 8.11. The van der Waals surface area contributed by atoms with E-state index >= 15 is 0 Å². The van der Waals surface area contributed by atoms with Gasteiger partial charge in [-0.1, -0.05) is 0 Å². The Kier molecular flexibility index (Phi) is 3.63. The van der Waals surface area contributed by atoms with Crippen LogP contribution in [0.4, 0.5) is 0 Å². The van der Waals surface area contributed by atoms with Crippen LogP contribution in [0.5, 0.6) is 0 Å². The lowest BCUT2D eigenvalue weighted by atomic mass is 10.2. The highest BCUT2D eigenvalue weighted by molar-refractivity contribution is 5.10. The molecule has 0 saturated carbocycles. The minimum atomic E-state index is 0.0666. The Bertz CT molecular complexity index is 215. The third-order valence-corrected chi connectivity index (χ3v) is 1.56. The van der Waals surface area contributed by atoms with Crippen molar-refractivity contribution in [1.82, 2.24) is 9.97 Å². The number of rotatable bonds is 4. The number of hydrogen-bond donors (Lipinski definition) is 2. The maximum Gasteiger partial charge on any atom is 0.0642 e. The zero-order valence-electron chi connectivity index (χ0n) is 6.77. The molecule has 0 spiro atoms. The van der Waals surface area contributed by atoms with Crippen LogP contribution in [0.2, 0.25) is 0 Å². The zero-order chi connectivity index (χ0) is 8.81. The molecule has 0 aliphatic rings. The molecule has 1 rings (SSSR count). The van der Waals surface area contributed by atoms with Crippen molar-refractivity contribution in [1.29, 1.82) is 0 Å². The molecule has 0 aliphatic carbocycles. The van der Waals surface area contributed by atoms with E-state index in [4.69, 9.17) is 10.2 Å². The lowest BCUT2D eigenvalue weighted by Gasteiger charge is -2.03. The van der Waals surface area contributed by atoms with Gasteiger partial charge < -0.3 is 10.2 Å². The van der Waals surface area contributed by atoms with Gasteiger partial charge in [-0.3, -0.25) is 9.97 Å². The molecule has 4 heteroatoms. The van der Waals surface area contributed by atoms with Crippen LogP contribution >= 0.6 is 0 Å². The van der Waals surface area contributed by atoms with E-state index in [0.717, 1.165) is 11.4 Å². The molecule has 1 aromatic heterocycles. The summed E-state index contributed by atoms with van der Waals surface area (Å²) in [5.41, 5.74) is 1.54. The average molecular weight is 168 g/mol. The van der Waals surface area contributed by atoms with Crippen molar-refractivity contribution >= 4 is 0 Å². The first-order valence-electron chi connectivity index (χ1n) is 3.89. The number of aromatic nitrogens is 2. The zero-order valence-corrected chi connectivity index (χ0v) is 6.77. The van der Waals surface area contributed by atoms with E-state index in [2.05, 4.69) is 9.97 Å². The van der Waals surface area contributed by atoms with E-state index in [1.54, 1.807) is 12.4 Å². The largest absolute Gasteiger partial charge is 0.396 e. The topological polar surface area (TPSA) is 66.2 Å². The van der Waals surface area contributed by atoms with E-state index in [1.807, 2.05) is 0 Å². The molecule has 0 bridgehead atoms. The first-order valence-corrected chi connectivity index (χ1v) is 3.89. The number of nitrogens with zero attached hydrogens (tertiary/aromatic N) is 2. The molecular weight excluding hydrogens is 156 g/mol. The van der Waals surface area contributed by atoms with E-state index in [0.29, 0.717) is 12.8 Å². The third-order valence-electron chi connectivity index (χ3n) is 1.56. The van der Waals surface area contributed by atoms with Gasteiger partial charge in [-0.15, -0.1) is 0 Å². The van der Waals surface area contributed by atoms with Crippen LogP contribution in [0.25, 0.3) is 0 Å². The van der Waals surface area contributed by atoms with Crippen molar-refractivity contribution in [2.45, 2.75) is 12.8 Å². The summed E-state index contributed by atoms with van der Waals surface area (Å²) in [5.74, 6) is 0. The Morgan fingerprint density at radius 2 is 1.33 bits per heavy atom. The van der Waals surface area contributed by atoms with Crippen molar-refractivity contribution in [3.05, 3.63) is 23.8 Å². The fourth-order valence-corrected chi connectivity index (χ4v) is 1.03. The van der Waals surface area contributed by atoms with Crippen molar-refractivity contribution in [2.24, 2.45) is 0 Å². The van der Waals surface area contributed by atoms with Gasteiger partial charge in [0, 0.05) is 38.4 Å². The summed E-state index contributed by atoms with van der Waals surface area (Å²) >= 11 is 0. The maximum absolute atomic E-state index is 8.68. The lowest BCUT2D eigenvalue weighted by Crippen LogP contribution is -2.04. The second-order valence-electron chi connectivity index (χ2n) is 2.40. The van der Waals surface area contributed by atoms with Crippen molar-refractivity contribution < 1.29 is 10.2 Å². The maximum atomic E-state index is 8.68. The van der Waals surface area contributed by atoms with E-state index in [9.17, 15) is 0 Å². The number of aliphatic hydroxyl groups is 2. The Labute approximate surface area is 70.9 Å². The first-order chi connectivity index (χ1) is 5.88. The summed E-state index contributed by atoms with van der Waals surface area (Å²) in [7, 11) is 0. The van der Waals surface area contributed by atoms with Gasteiger partial charge in [0.25, 0.3) is 0 Å². The predicted molar refractivity (Wildman–Crippen MR) is 43.6 cm³/mol. The molecule has 4 nitrogen and oxygen atoms in total. The van der Waals surface area contributed by atoms with Crippen LogP contribution in [-0.4, -0.2) is 33.4 Å². The van der Waals surface area contributed by atoms with Crippen LogP contribution < -0.4 is 0 Å². The summed E-state index contributed by atoms with van der Waals surface area (Å²) in [6, 6.07) is 0. The van der Waals surface area contributed by atoms with Crippen LogP contribution in [0.1, 0.15) is 11.4 Å². The molecule has 0 aromatic carbocycles. The van der Waals surface area contributed by atoms with Crippen molar-refractivity contribution in [3.63, 3.8) is 0 Å². The molecule has 0 aliphatic heterocycles. The van der Waals surface area contributed by atoms with Crippen LogP contribution in [-0.2, 0) is 12.8 Å². The summed E-state index contributed by atoms with van der Waals surface area (Å²) in [6.45, 7) is 0.133. The van der Waals surface area contributed by atoms with E-state index in [-0.39, 0.29) is 13.2 Å². The summed E-state index contributed by atoms with van der Waals surface area (Å²) in [5, 5.41) is 17.4. The minimum absolute atomic E-state index is 0.0666. The number of aliphatic hydroxyl groups excluding tert-OH is 2. The molecule has 12 heavy (non-hydrogen) atoms. The summed E-state index contributed by atoms with van der Waals surface area (Å²) in [6.07, 6.45) is 4.18. The smallest absolute Gasteiger partial charge is 0.0642 e. The average Bonchev–Trinajstić information content (AvgIpc) is 2.09. The van der Waals surface area contributed by atoms with Crippen LogP contribution in [0.15, 0.2) is 12.4 Å². The van der Waals surface area contributed by atoms with Gasteiger partial charge in [-0.25, -0.2) is 0 Å². The quantitative estimate of drug-likeness (QED) is 0.638. The molecule has 1 heterocycles. The van der Waals surface area contributed by atoms with Gasteiger partial charge in [0.1, 0.15) is 0 Å². The molecule has 0 saturated heterocycles. The highest BCUT2D eigenvalue weighted by Crippen LogP contribution is 2.02. The molecule has 0 atom stereocenters. The monoisotopic (exact) mass is 168 g/mol. The molecule has 0 radical (unpaired) electrons. The van der Waals surface area contributed by atoms with Gasteiger partial charge in [0.05, 0.1) is 11.4 Å². The first kappa shape index (κ1) is 9.09. The Balaban J connectivity index is 2.77. The van der Waals surface area contributed by atoms with Crippen molar-refractivity contribution in [3.8, 4) is 0 Å². The van der Waals surface area contributed by atoms with E-state index < -0.39 is 0 Å². The predicted octanol–water partition coefficient (Wildman–Crippen LogP) is -0.454. The van der Waals surface area contributed by atoms with Gasteiger partial charge in [0.15, 0.2) is 0 Å². The molecule has 0 fully saturated rings. The fourth-order valence-electron chi connectivity index (χ4n) is 1.03. The Morgan fingerprint density at radius 3 is 1.67 bits per heavy atom. The van der Waals surface area contributed by atoms with Crippen molar-refractivity contribution in [2.75, 3.05) is 13.2 Å². The third kappa shape index (κ3) is 2.25. The second-order valence-corrected chi connectivity index (χ2v) is 2.40. The minimum Gasteiger partial charge on any atom is -0.396 e. The van der Waals surface area contributed by atoms with Crippen LogP contribution in [0.3, 0.4) is 0 Å². The van der Waals surface area contributed by atoms with Crippen LogP contribution in [0, 0.1) is 0 Å².